The van der Waals surface area contributed by atoms with E-state index in [0.29, 0.717) is 5.92 Å². The van der Waals surface area contributed by atoms with E-state index < -0.39 is 5.60 Å². The molecular formula is C17H26N2O2. The number of pyridine rings is 1. The van der Waals surface area contributed by atoms with E-state index in [-0.39, 0.29) is 6.09 Å². The van der Waals surface area contributed by atoms with Crippen LogP contribution in [0.4, 0.5) is 4.79 Å². The molecule has 1 aromatic heterocycles. The number of nitrogens with zero attached hydrogens (tertiary/aromatic N) is 2. The van der Waals surface area contributed by atoms with Crippen LogP contribution in [0.15, 0.2) is 24.5 Å². The minimum absolute atomic E-state index is 0.171. The highest BCUT2D eigenvalue weighted by Gasteiger charge is 2.26. The summed E-state index contributed by atoms with van der Waals surface area (Å²) in [4.78, 5) is 17.9. The summed E-state index contributed by atoms with van der Waals surface area (Å²) in [5.41, 5.74) is 0.939. The standard InChI is InChI=1S/C17H26N2O2/c1-17(2,3)21-16(20)19-12-8-15(9-13-19)5-4-14-6-10-18-11-7-14/h6-7,10-11,15H,4-5,8-9,12-13H2,1-3H3. The molecule has 1 aliphatic heterocycles. The first-order valence-corrected chi connectivity index (χ1v) is 7.81. The summed E-state index contributed by atoms with van der Waals surface area (Å²) in [6.07, 6.45) is 7.96. The maximum atomic E-state index is 12.0. The molecule has 116 valence electrons. The summed E-state index contributed by atoms with van der Waals surface area (Å²) in [5.74, 6) is 0.705. The van der Waals surface area contributed by atoms with Crippen LogP contribution in [0, 0.1) is 5.92 Å². The van der Waals surface area contributed by atoms with Gasteiger partial charge in [0.15, 0.2) is 0 Å². The zero-order valence-corrected chi connectivity index (χ0v) is 13.3. The van der Waals surface area contributed by atoms with Gasteiger partial charge in [0.1, 0.15) is 5.60 Å². The summed E-state index contributed by atoms with van der Waals surface area (Å²) >= 11 is 0. The Bertz CT molecular complexity index is 446. The Balaban J connectivity index is 1.72. The number of carbonyl (C=O) groups is 1. The van der Waals surface area contributed by atoms with Crippen molar-refractivity contribution >= 4 is 6.09 Å². The number of likely N-dealkylation sites (tertiary alicyclic amines) is 1. The number of hydrogen-bond donors (Lipinski definition) is 0. The van der Waals surface area contributed by atoms with Crippen molar-refractivity contribution in [2.45, 2.75) is 52.1 Å². The van der Waals surface area contributed by atoms with E-state index in [4.69, 9.17) is 4.74 Å². The lowest BCUT2D eigenvalue weighted by Crippen LogP contribution is -2.41. The second-order valence-electron chi connectivity index (χ2n) is 6.80. The molecule has 2 heterocycles. The molecule has 0 radical (unpaired) electrons. The van der Waals surface area contributed by atoms with Crippen LogP contribution in [-0.4, -0.2) is 34.7 Å². The van der Waals surface area contributed by atoms with Crippen LogP contribution in [0.1, 0.15) is 45.6 Å². The van der Waals surface area contributed by atoms with Crippen molar-refractivity contribution in [1.29, 1.82) is 0 Å². The molecule has 0 unspecified atom stereocenters. The van der Waals surface area contributed by atoms with Crippen molar-refractivity contribution in [3.8, 4) is 0 Å². The van der Waals surface area contributed by atoms with Crippen LogP contribution >= 0.6 is 0 Å². The molecule has 0 spiro atoms. The van der Waals surface area contributed by atoms with Crippen molar-refractivity contribution in [1.82, 2.24) is 9.88 Å². The third-order valence-corrected chi connectivity index (χ3v) is 3.86. The first-order valence-electron chi connectivity index (χ1n) is 7.81. The Labute approximate surface area is 127 Å². The van der Waals surface area contributed by atoms with Gasteiger partial charge in [0, 0.05) is 25.5 Å². The van der Waals surface area contributed by atoms with Gasteiger partial charge in [0.25, 0.3) is 0 Å². The summed E-state index contributed by atoms with van der Waals surface area (Å²) < 4.78 is 5.42. The first kappa shape index (κ1) is 15.8. The molecule has 1 aliphatic rings. The smallest absolute Gasteiger partial charge is 0.410 e. The molecular weight excluding hydrogens is 264 g/mol. The van der Waals surface area contributed by atoms with Crippen molar-refractivity contribution in [2.75, 3.05) is 13.1 Å². The van der Waals surface area contributed by atoms with Gasteiger partial charge in [-0.2, -0.15) is 0 Å². The fourth-order valence-corrected chi connectivity index (χ4v) is 2.65. The highest BCUT2D eigenvalue weighted by molar-refractivity contribution is 5.68. The van der Waals surface area contributed by atoms with Gasteiger partial charge in [-0.3, -0.25) is 4.98 Å². The van der Waals surface area contributed by atoms with Crippen molar-refractivity contribution < 1.29 is 9.53 Å². The molecule has 0 aromatic carbocycles. The number of ether oxygens (including phenoxy) is 1. The lowest BCUT2D eigenvalue weighted by Gasteiger charge is -2.33. The van der Waals surface area contributed by atoms with E-state index in [1.807, 2.05) is 38.1 Å². The van der Waals surface area contributed by atoms with E-state index in [1.54, 1.807) is 0 Å². The van der Waals surface area contributed by atoms with E-state index in [0.717, 1.165) is 32.4 Å². The number of amides is 1. The molecule has 0 aliphatic carbocycles. The zero-order chi connectivity index (χ0) is 15.3. The quantitative estimate of drug-likeness (QED) is 0.853. The van der Waals surface area contributed by atoms with E-state index in [1.165, 1.54) is 12.0 Å². The average Bonchev–Trinajstić information content (AvgIpc) is 2.45. The van der Waals surface area contributed by atoms with Gasteiger partial charge in [-0.05, 0) is 70.1 Å². The van der Waals surface area contributed by atoms with Gasteiger partial charge in [-0.1, -0.05) is 0 Å². The average molecular weight is 290 g/mol. The SMILES string of the molecule is CC(C)(C)OC(=O)N1CCC(CCc2ccncc2)CC1. The number of aromatic nitrogens is 1. The number of aryl methyl sites for hydroxylation is 1. The molecule has 0 atom stereocenters. The molecule has 0 saturated carbocycles. The molecule has 0 bridgehead atoms. The maximum absolute atomic E-state index is 12.0. The van der Waals surface area contributed by atoms with E-state index >= 15 is 0 Å². The summed E-state index contributed by atoms with van der Waals surface area (Å²) in [6, 6.07) is 4.16. The summed E-state index contributed by atoms with van der Waals surface area (Å²) in [5, 5.41) is 0. The molecule has 1 amide bonds. The first-order chi connectivity index (χ1) is 9.94. The minimum Gasteiger partial charge on any atom is -0.444 e. The van der Waals surface area contributed by atoms with Crippen LogP contribution in [0.5, 0.6) is 0 Å². The Hall–Kier alpha value is -1.58. The predicted octanol–water partition coefficient (Wildman–Crippen LogP) is 3.66. The Morgan fingerprint density at radius 3 is 2.48 bits per heavy atom. The van der Waals surface area contributed by atoms with Gasteiger partial charge >= 0.3 is 6.09 Å². The monoisotopic (exact) mass is 290 g/mol. The molecule has 21 heavy (non-hydrogen) atoms. The number of piperidine rings is 1. The minimum atomic E-state index is -0.407. The lowest BCUT2D eigenvalue weighted by atomic mass is 9.91. The zero-order valence-electron chi connectivity index (χ0n) is 13.3. The lowest BCUT2D eigenvalue weighted by molar-refractivity contribution is 0.0181. The van der Waals surface area contributed by atoms with Gasteiger partial charge in [-0.15, -0.1) is 0 Å². The summed E-state index contributed by atoms with van der Waals surface area (Å²) in [7, 11) is 0. The van der Waals surface area contributed by atoms with Gasteiger partial charge in [-0.25, -0.2) is 4.79 Å². The third-order valence-electron chi connectivity index (χ3n) is 3.86. The van der Waals surface area contributed by atoms with Gasteiger partial charge < -0.3 is 9.64 Å². The third kappa shape index (κ3) is 5.37. The highest BCUT2D eigenvalue weighted by atomic mass is 16.6. The van der Waals surface area contributed by atoms with Crippen molar-refractivity contribution in [3.63, 3.8) is 0 Å². The fourth-order valence-electron chi connectivity index (χ4n) is 2.65. The fraction of sp³-hybridized carbons (Fsp3) is 0.647. The second kappa shape index (κ2) is 6.92. The summed E-state index contributed by atoms with van der Waals surface area (Å²) in [6.45, 7) is 7.36. The maximum Gasteiger partial charge on any atom is 0.410 e. The van der Waals surface area contributed by atoms with Crippen molar-refractivity contribution in [3.05, 3.63) is 30.1 Å². The molecule has 1 aromatic rings. The predicted molar refractivity (Wildman–Crippen MR) is 83.1 cm³/mol. The molecule has 1 saturated heterocycles. The molecule has 1 fully saturated rings. The van der Waals surface area contributed by atoms with E-state index in [9.17, 15) is 4.79 Å². The molecule has 0 N–H and O–H groups in total. The molecule has 2 rings (SSSR count). The largest absolute Gasteiger partial charge is 0.444 e. The van der Waals surface area contributed by atoms with Gasteiger partial charge in [0.05, 0.1) is 0 Å². The number of hydrogen-bond acceptors (Lipinski definition) is 3. The highest BCUT2D eigenvalue weighted by Crippen LogP contribution is 2.23. The van der Waals surface area contributed by atoms with Crippen LogP contribution in [0.2, 0.25) is 0 Å². The molecule has 4 heteroatoms. The van der Waals surface area contributed by atoms with E-state index in [2.05, 4.69) is 17.1 Å². The Morgan fingerprint density at radius 2 is 1.90 bits per heavy atom. The normalized spacial score (nSPS) is 16.8. The number of rotatable bonds is 3. The number of carbonyl (C=O) groups excluding carboxylic acids is 1. The van der Waals surface area contributed by atoms with Crippen molar-refractivity contribution in [2.24, 2.45) is 5.92 Å². The van der Waals surface area contributed by atoms with Gasteiger partial charge in [0.2, 0.25) is 0 Å². The van der Waals surface area contributed by atoms with Crippen LogP contribution < -0.4 is 0 Å². The van der Waals surface area contributed by atoms with Crippen LogP contribution in [0.3, 0.4) is 0 Å². The van der Waals surface area contributed by atoms with Crippen LogP contribution in [-0.2, 0) is 11.2 Å². The van der Waals surface area contributed by atoms with Crippen LogP contribution in [0.25, 0.3) is 0 Å². The topological polar surface area (TPSA) is 42.4 Å². The molecule has 4 nitrogen and oxygen atoms in total. The Morgan fingerprint density at radius 1 is 1.29 bits per heavy atom. The Kier molecular flexibility index (Phi) is 5.21. The second-order valence-corrected chi connectivity index (χ2v) is 6.80.